The SMILES string of the molecule is CN(Cc1ncn[nH]1)C(=O)n1ccnc1. The first-order valence-electron chi connectivity index (χ1n) is 4.35. The van der Waals surface area contributed by atoms with Crippen molar-refractivity contribution in [3.8, 4) is 0 Å². The second kappa shape index (κ2) is 3.91. The molecule has 0 aliphatic carbocycles. The van der Waals surface area contributed by atoms with E-state index in [9.17, 15) is 4.79 Å². The van der Waals surface area contributed by atoms with E-state index in [1.165, 1.54) is 22.1 Å². The second-order valence-corrected chi connectivity index (χ2v) is 3.04. The minimum absolute atomic E-state index is 0.163. The first-order chi connectivity index (χ1) is 7.27. The van der Waals surface area contributed by atoms with Gasteiger partial charge in [0.25, 0.3) is 0 Å². The molecule has 0 aliphatic heterocycles. The molecule has 0 atom stereocenters. The Hall–Kier alpha value is -2.18. The van der Waals surface area contributed by atoms with Crippen LogP contribution in [0.2, 0.25) is 0 Å². The maximum atomic E-state index is 11.7. The van der Waals surface area contributed by atoms with Gasteiger partial charge >= 0.3 is 6.03 Å². The Morgan fingerprint density at radius 1 is 1.67 bits per heavy atom. The van der Waals surface area contributed by atoms with E-state index in [0.29, 0.717) is 12.4 Å². The summed E-state index contributed by atoms with van der Waals surface area (Å²) in [5, 5.41) is 6.39. The lowest BCUT2D eigenvalue weighted by atomic mass is 10.5. The van der Waals surface area contributed by atoms with Crippen LogP contribution in [0.4, 0.5) is 4.79 Å². The highest BCUT2D eigenvalue weighted by Gasteiger charge is 2.11. The predicted molar refractivity (Wildman–Crippen MR) is 50.9 cm³/mol. The van der Waals surface area contributed by atoms with Crippen molar-refractivity contribution >= 4 is 6.03 Å². The summed E-state index contributed by atoms with van der Waals surface area (Å²) in [5.74, 6) is 0.644. The predicted octanol–water partition coefficient (Wildman–Crippen LogP) is 0.101. The number of imidazole rings is 1. The van der Waals surface area contributed by atoms with Gasteiger partial charge in [-0.3, -0.25) is 9.67 Å². The fourth-order valence-electron chi connectivity index (χ4n) is 1.17. The normalized spacial score (nSPS) is 10.2. The number of hydrogen-bond acceptors (Lipinski definition) is 4. The van der Waals surface area contributed by atoms with Gasteiger partial charge in [-0.05, 0) is 0 Å². The van der Waals surface area contributed by atoms with E-state index < -0.39 is 0 Å². The van der Waals surface area contributed by atoms with Crippen molar-refractivity contribution in [3.05, 3.63) is 30.9 Å². The van der Waals surface area contributed by atoms with Crippen molar-refractivity contribution in [3.63, 3.8) is 0 Å². The Morgan fingerprint density at radius 3 is 3.13 bits per heavy atom. The first-order valence-corrected chi connectivity index (χ1v) is 4.35. The number of amides is 1. The van der Waals surface area contributed by atoms with E-state index in [-0.39, 0.29) is 6.03 Å². The molecule has 0 saturated heterocycles. The summed E-state index contributed by atoms with van der Waals surface area (Å²) in [6.45, 7) is 0.386. The van der Waals surface area contributed by atoms with Crippen LogP contribution < -0.4 is 0 Å². The van der Waals surface area contributed by atoms with E-state index in [0.717, 1.165) is 0 Å². The third kappa shape index (κ3) is 2.01. The van der Waals surface area contributed by atoms with Crippen LogP contribution >= 0.6 is 0 Å². The molecule has 0 saturated carbocycles. The number of hydrogen-bond donors (Lipinski definition) is 1. The molecule has 0 aromatic carbocycles. The van der Waals surface area contributed by atoms with Gasteiger partial charge in [0.1, 0.15) is 18.5 Å². The molecule has 15 heavy (non-hydrogen) atoms. The number of carbonyl (C=O) groups excluding carboxylic acids is 1. The van der Waals surface area contributed by atoms with Crippen molar-refractivity contribution < 1.29 is 4.79 Å². The highest BCUT2D eigenvalue weighted by Crippen LogP contribution is 1.98. The zero-order chi connectivity index (χ0) is 10.7. The summed E-state index contributed by atoms with van der Waals surface area (Å²) < 4.78 is 1.40. The first kappa shape index (κ1) is 9.38. The Morgan fingerprint density at radius 2 is 2.53 bits per heavy atom. The minimum Gasteiger partial charge on any atom is -0.320 e. The lowest BCUT2D eigenvalue weighted by molar-refractivity contribution is 0.207. The lowest BCUT2D eigenvalue weighted by Crippen LogP contribution is -2.30. The summed E-state index contributed by atoms with van der Waals surface area (Å²) in [6, 6.07) is -0.163. The summed E-state index contributed by atoms with van der Waals surface area (Å²) in [5.41, 5.74) is 0. The van der Waals surface area contributed by atoms with Gasteiger partial charge in [-0.25, -0.2) is 14.8 Å². The van der Waals surface area contributed by atoms with Crippen molar-refractivity contribution in [2.45, 2.75) is 6.54 Å². The quantitative estimate of drug-likeness (QED) is 0.755. The largest absolute Gasteiger partial charge is 0.329 e. The fraction of sp³-hybridized carbons (Fsp3) is 0.250. The maximum absolute atomic E-state index is 11.7. The third-order valence-corrected chi connectivity index (χ3v) is 1.90. The molecule has 0 bridgehead atoms. The number of aromatic amines is 1. The van der Waals surface area contributed by atoms with Crippen LogP contribution in [-0.4, -0.2) is 42.7 Å². The Balaban J connectivity index is 2.03. The fourth-order valence-corrected chi connectivity index (χ4v) is 1.17. The summed E-state index contributed by atoms with van der Waals surface area (Å²) in [4.78, 5) is 21.0. The van der Waals surface area contributed by atoms with Gasteiger partial charge < -0.3 is 4.90 Å². The molecule has 7 heteroatoms. The Bertz CT molecular complexity index is 420. The van der Waals surface area contributed by atoms with Crippen molar-refractivity contribution in [1.29, 1.82) is 0 Å². The van der Waals surface area contributed by atoms with Crippen molar-refractivity contribution in [2.24, 2.45) is 0 Å². The molecule has 0 aliphatic rings. The van der Waals surface area contributed by atoms with Gasteiger partial charge in [0.2, 0.25) is 0 Å². The highest BCUT2D eigenvalue weighted by molar-refractivity contribution is 5.76. The summed E-state index contributed by atoms with van der Waals surface area (Å²) >= 11 is 0. The van der Waals surface area contributed by atoms with E-state index in [4.69, 9.17) is 0 Å². The maximum Gasteiger partial charge on any atom is 0.329 e. The number of H-pyrrole nitrogens is 1. The molecule has 2 aromatic rings. The zero-order valence-electron chi connectivity index (χ0n) is 8.16. The minimum atomic E-state index is -0.163. The number of nitrogens with one attached hydrogen (secondary N) is 1. The van der Waals surface area contributed by atoms with E-state index in [2.05, 4.69) is 20.2 Å². The molecular formula is C8H10N6O. The van der Waals surface area contributed by atoms with Crippen LogP contribution in [0.3, 0.4) is 0 Å². The van der Waals surface area contributed by atoms with Gasteiger partial charge in [0, 0.05) is 19.4 Å². The number of rotatable bonds is 2. The summed E-state index contributed by atoms with van der Waals surface area (Å²) in [7, 11) is 1.69. The summed E-state index contributed by atoms with van der Waals surface area (Å²) in [6.07, 6.45) is 6.02. The lowest BCUT2D eigenvalue weighted by Gasteiger charge is -2.14. The van der Waals surface area contributed by atoms with Crippen LogP contribution in [0.5, 0.6) is 0 Å². The molecule has 1 amide bonds. The third-order valence-electron chi connectivity index (χ3n) is 1.90. The van der Waals surface area contributed by atoms with Crippen molar-refractivity contribution in [2.75, 3.05) is 7.05 Å². The average molecular weight is 206 g/mol. The smallest absolute Gasteiger partial charge is 0.320 e. The van der Waals surface area contributed by atoms with Crippen molar-refractivity contribution in [1.82, 2.24) is 29.6 Å². The number of nitrogens with zero attached hydrogens (tertiary/aromatic N) is 5. The van der Waals surface area contributed by atoms with E-state index in [1.807, 2.05) is 0 Å². The molecule has 0 spiro atoms. The monoisotopic (exact) mass is 206 g/mol. The standard InChI is InChI=1S/C8H10N6O/c1-13(4-7-10-5-11-12-7)8(15)14-3-2-9-6-14/h2-3,5-6H,4H2,1H3,(H,10,11,12). The van der Waals surface area contributed by atoms with Gasteiger partial charge in [-0.15, -0.1) is 0 Å². The molecule has 2 rings (SSSR count). The van der Waals surface area contributed by atoms with Crippen LogP contribution in [0.15, 0.2) is 25.0 Å². The van der Waals surface area contributed by atoms with Gasteiger partial charge in [-0.2, -0.15) is 5.10 Å². The molecule has 2 heterocycles. The topological polar surface area (TPSA) is 79.7 Å². The van der Waals surface area contributed by atoms with Crippen LogP contribution in [0.1, 0.15) is 5.82 Å². The molecule has 0 fully saturated rings. The molecule has 0 radical (unpaired) electrons. The zero-order valence-corrected chi connectivity index (χ0v) is 8.16. The Kier molecular flexibility index (Phi) is 2.44. The molecule has 78 valence electrons. The second-order valence-electron chi connectivity index (χ2n) is 3.04. The number of carbonyl (C=O) groups is 1. The van der Waals surface area contributed by atoms with Gasteiger partial charge in [0.15, 0.2) is 0 Å². The van der Waals surface area contributed by atoms with Crippen LogP contribution in [0.25, 0.3) is 0 Å². The van der Waals surface area contributed by atoms with E-state index in [1.54, 1.807) is 19.4 Å². The highest BCUT2D eigenvalue weighted by atomic mass is 16.2. The van der Waals surface area contributed by atoms with Gasteiger partial charge in [-0.1, -0.05) is 0 Å². The van der Waals surface area contributed by atoms with Gasteiger partial charge in [0.05, 0.1) is 6.54 Å². The van der Waals surface area contributed by atoms with Crippen LogP contribution in [-0.2, 0) is 6.54 Å². The number of aromatic nitrogens is 5. The molecule has 1 N–H and O–H groups in total. The van der Waals surface area contributed by atoms with E-state index >= 15 is 0 Å². The van der Waals surface area contributed by atoms with Crippen LogP contribution in [0, 0.1) is 0 Å². The molecular weight excluding hydrogens is 196 g/mol. The average Bonchev–Trinajstić information content (AvgIpc) is 2.88. The Labute approximate surface area is 85.8 Å². The molecule has 7 nitrogen and oxygen atoms in total. The molecule has 0 unspecified atom stereocenters. The molecule has 2 aromatic heterocycles.